The van der Waals surface area contributed by atoms with E-state index in [1.807, 2.05) is 13.0 Å². The number of hydrogen-bond acceptors (Lipinski definition) is 3. The van der Waals surface area contributed by atoms with Crippen molar-refractivity contribution >= 4 is 17.3 Å². The predicted octanol–water partition coefficient (Wildman–Crippen LogP) is 3.66. The third-order valence-electron chi connectivity index (χ3n) is 3.83. The zero-order valence-corrected chi connectivity index (χ0v) is 11.8. The van der Waals surface area contributed by atoms with Gasteiger partial charge in [-0.3, -0.25) is 0 Å². The molecule has 1 aliphatic carbocycles. The lowest BCUT2D eigenvalue weighted by molar-refractivity contribution is -0.0975. The minimum Gasteiger partial charge on any atom is -0.506 e. The number of benzene rings is 1. The lowest BCUT2D eigenvalue weighted by atomic mass is 9.64. The van der Waals surface area contributed by atoms with Crippen LogP contribution in [0.3, 0.4) is 0 Å². The Bertz CT molecular complexity index is 434. The zero-order chi connectivity index (χ0) is 13.3. The number of halogens is 1. The zero-order valence-electron chi connectivity index (χ0n) is 11.0. The first-order chi connectivity index (χ1) is 8.45. The number of aromatic hydroxyl groups is 1. The topological polar surface area (TPSA) is 41.5 Å². The molecule has 2 N–H and O–H groups in total. The maximum absolute atomic E-state index is 9.38. The standard InChI is InChI=1S/C14H20ClNO2/c1-4-18-13-8-12(14(13,2)3)16-9-5-6-11(17)10(15)7-9/h5-7,12-13,16-17H,4,8H2,1-3H3. The summed E-state index contributed by atoms with van der Waals surface area (Å²) < 4.78 is 5.70. The van der Waals surface area contributed by atoms with E-state index in [0.717, 1.165) is 18.7 Å². The van der Waals surface area contributed by atoms with E-state index < -0.39 is 0 Å². The van der Waals surface area contributed by atoms with Gasteiger partial charge in [-0.1, -0.05) is 25.4 Å². The molecule has 0 amide bonds. The second kappa shape index (κ2) is 4.98. The van der Waals surface area contributed by atoms with Gasteiger partial charge in [-0.15, -0.1) is 0 Å². The summed E-state index contributed by atoms with van der Waals surface area (Å²) in [5.74, 6) is 0.113. The third-order valence-corrected chi connectivity index (χ3v) is 4.14. The highest BCUT2D eigenvalue weighted by atomic mass is 35.5. The number of phenols is 1. The van der Waals surface area contributed by atoms with E-state index in [2.05, 4.69) is 19.2 Å². The molecule has 0 spiro atoms. The summed E-state index contributed by atoms with van der Waals surface area (Å²) in [5, 5.41) is 13.2. The van der Waals surface area contributed by atoms with Crippen molar-refractivity contribution in [3.8, 4) is 5.75 Å². The minimum atomic E-state index is 0.111. The fourth-order valence-electron chi connectivity index (χ4n) is 2.41. The molecule has 3 nitrogen and oxygen atoms in total. The number of ether oxygens (including phenoxy) is 1. The van der Waals surface area contributed by atoms with Gasteiger partial charge in [0.25, 0.3) is 0 Å². The van der Waals surface area contributed by atoms with Gasteiger partial charge in [-0.05, 0) is 31.5 Å². The summed E-state index contributed by atoms with van der Waals surface area (Å²) in [6.07, 6.45) is 1.31. The molecular weight excluding hydrogens is 250 g/mol. The summed E-state index contributed by atoms with van der Waals surface area (Å²) >= 11 is 5.89. The molecule has 1 aromatic rings. The van der Waals surface area contributed by atoms with Crippen LogP contribution in [0, 0.1) is 5.41 Å². The Labute approximate surface area is 113 Å². The third kappa shape index (κ3) is 2.43. The summed E-state index contributed by atoms with van der Waals surface area (Å²) in [6, 6.07) is 5.57. The van der Waals surface area contributed by atoms with Gasteiger partial charge in [0.05, 0.1) is 11.1 Å². The maximum Gasteiger partial charge on any atom is 0.134 e. The van der Waals surface area contributed by atoms with Crippen LogP contribution < -0.4 is 5.32 Å². The van der Waals surface area contributed by atoms with Crippen LogP contribution in [0.4, 0.5) is 5.69 Å². The first-order valence-corrected chi connectivity index (χ1v) is 6.69. The van der Waals surface area contributed by atoms with E-state index in [1.54, 1.807) is 12.1 Å². The highest BCUT2D eigenvalue weighted by Gasteiger charge is 2.48. The van der Waals surface area contributed by atoms with E-state index in [-0.39, 0.29) is 11.2 Å². The quantitative estimate of drug-likeness (QED) is 0.820. The number of phenolic OH excluding ortho intramolecular Hbond substituents is 1. The van der Waals surface area contributed by atoms with E-state index >= 15 is 0 Å². The fraction of sp³-hybridized carbons (Fsp3) is 0.571. The van der Waals surface area contributed by atoms with Gasteiger partial charge in [-0.25, -0.2) is 0 Å². The molecule has 1 aliphatic rings. The van der Waals surface area contributed by atoms with Gasteiger partial charge >= 0.3 is 0 Å². The van der Waals surface area contributed by atoms with Crippen LogP contribution in [0.1, 0.15) is 27.2 Å². The molecule has 0 saturated heterocycles. The molecule has 0 heterocycles. The van der Waals surface area contributed by atoms with Crippen molar-refractivity contribution in [2.24, 2.45) is 5.41 Å². The van der Waals surface area contributed by atoms with Crippen molar-refractivity contribution in [2.45, 2.75) is 39.3 Å². The minimum absolute atomic E-state index is 0.111. The van der Waals surface area contributed by atoms with Crippen molar-refractivity contribution in [3.05, 3.63) is 23.2 Å². The Balaban J connectivity index is 2.01. The predicted molar refractivity (Wildman–Crippen MR) is 74.3 cm³/mol. The first-order valence-electron chi connectivity index (χ1n) is 6.31. The molecule has 1 saturated carbocycles. The van der Waals surface area contributed by atoms with Crippen LogP contribution in [-0.4, -0.2) is 23.9 Å². The molecule has 1 aromatic carbocycles. The van der Waals surface area contributed by atoms with Crippen LogP contribution in [0.25, 0.3) is 0 Å². The Hall–Kier alpha value is -0.930. The second-order valence-electron chi connectivity index (χ2n) is 5.36. The number of nitrogens with one attached hydrogen (secondary N) is 1. The number of anilines is 1. The fourth-order valence-corrected chi connectivity index (χ4v) is 2.59. The van der Waals surface area contributed by atoms with Crippen molar-refractivity contribution in [1.29, 1.82) is 0 Å². The maximum atomic E-state index is 9.38. The van der Waals surface area contributed by atoms with Crippen LogP contribution in [0.15, 0.2) is 18.2 Å². The smallest absolute Gasteiger partial charge is 0.134 e. The molecule has 100 valence electrons. The normalized spacial score (nSPS) is 25.6. The van der Waals surface area contributed by atoms with Crippen molar-refractivity contribution in [3.63, 3.8) is 0 Å². The number of hydrogen-bond donors (Lipinski definition) is 2. The molecule has 0 bridgehead atoms. The SMILES string of the molecule is CCOC1CC(Nc2ccc(O)c(Cl)c2)C1(C)C. The molecule has 4 heteroatoms. The van der Waals surface area contributed by atoms with Gasteiger partial charge in [-0.2, -0.15) is 0 Å². The molecule has 2 rings (SSSR count). The summed E-state index contributed by atoms with van der Waals surface area (Å²) in [4.78, 5) is 0. The molecule has 1 fully saturated rings. The van der Waals surface area contributed by atoms with Crippen LogP contribution in [0.5, 0.6) is 5.75 Å². The highest BCUT2D eigenvalue weighted by molar-refractivity contribution is 6.32. The van der Waals surface area contributed by atoms with Crippen molar-refractivity contribution in [1.82, 2.24) is 0 Å². The highest BCUT2D eigenvalue weighted by Crippen LogP contribution is 2.44. The molecule has 2 atom stereocenters. The summed E-state index contributed by atoms with van der Waals surface area (Å²) in [7, 11) is 0. The lowest BCUT2D eigenvalue weighted by Crippen LogP contribution is -2.58. The van der Waals surface area contributed by atoms with E-state index in [1.165, 1.54) is 0 Å². The van der Waals surface area contributed by atoms with Gasteiger partial charge < -0.3 is 15.2 Å². The Morgan fingerprint density at radius 2 is 2.22 bits per heavy atom. The van der Waals surface area contributed by atoms with Crippen molar-refractivity contribution in [2.75, 3.05) is 11.9 Å². The van der Waals surface area contributed by atoms with Gasteiger partial charge in [0.2, 0.25) is 0 Å². The van der Waals surface area contributed by atoms with Gasteiger partial charge in [0.1, 0.15) is 5.75 Å². The Kier molecular flexibility index (Phi) is 3.74. The van der Waals surface area contributed by atoms with Gasteiger partial charge in [0.15, 0.2) is 0 Å². The molecule has 0 aromatic heterocycles. The van der Waals surface area contributed by atoms with Crippen molar-refractivity contribution < 1.29 is 9.84 Å². The molecule has 0 radical (unpaired) electrons. The second-order valence-corrected chi connectivity index (χ2v) is 5.77. The molecular formula is C14H20ClNO2. The largest absolute Gasteiger partial charge is 0.506 e. The molecule has 2 unspecified atom stereocenters. The molecule has 0 aliphatic heterocycles. The number of rotatable bonds is 4. The van der Waals surface area contributed by atoms with E-state index in [0.29, 0.717) is 17.2 Å². The average molecular weight is 270 g/mol. The van der Waals surface area contributed by atoms with Crippen LogP contribution in [0.2, 0.25) is 5.02 Å². The lowest BCUT2D eigenvalue weighted by Gasteiger charge is -2.52. The van der Waals surface area contributed by atoms with Crippen LogP contribution >= 0.6 is 11.6 Å². The monoisotopic (exact) mass is 269 g/mol. The average Bonchev–Trinajstić information content (AvgIpc) is 2.32. The van der Waals surface area contributed by atoms with E-state index in [4.69, 9.17) is 16.3 Å². The molecule has 18 heavy (non-hydrogen) atoms. The van der Waals surface area contributed by atoms with Crippen LogP contribution in [-0.2, 0) is 4.74 Å². The Morgan fingerprint density at radius 3 is 2.78 bits per heavy atom. The van der Waals surface area contributed by atoms with E-state index in [9.17, 15) is 5.11 Å². The summed E-state index contributed by atoms with van der Waals surface area (Å²) in [5.41, 5.74) is 1.05. The van der Waals surface area contributed by atoms with Gasteiger partial charge in [0, 0.05) is 23.8 Å². The Morgan fingerprint density at radius 1 is 1.50 bits per heavy atom. The summed E-state index contributed by atoms with van der Waals surface area (Å²) in [6.45, 7) is 7.19. The first kappa shape index (κ1) is 13.5.